The Morgan fingerprint density at radius 2 is 2.00 bits per heavy atom. The number of anilines is 1. The van der Waals surface area contributed by atoms with Crippen LogP contribution in [0, 0.1) is 6.92 Å². The van der Waals surface area contributed by atoms with E-state index in [-0.39, 0.29) is 17.2 Å². The number of aromatic carboxylic acids is 1. The van der Waals surface area contributed by atoms with Gasteiger partial charge in [-0.05, 0) is 26.0 Å². The van der Waals surface area contributed by atoms with Gasteiger partial charge in [-0.15, -0.1) is 0 Å². The summed E-state index contributed by atoms with van der Waals surface area (Å²) >= 11 is 0. The number of benzene rings is 1. The molecule has 0 unspecified atom stereocenters. The quantitative estimate of drug-likeness (QED) is 0.753. The SMILES string of the molecule is CCOCCOc1ccccc1-c1nc(N)nc(C)c1C(=O)O. The highest BCUT2D eigenvalue weighted by Crippen LogP contribution is 2.32. The molecule has 23 heavy (non-hydrogen) atoms. The molecular formula is C16H19N3O4. The number of ether oxygens (including phenoxy) is 2. The van der Waals surface area contributed by atoms with Gasteiger partial charge in [0.15, 0.2) is 0 Å². The summed E-state index contributed by atoms with van der Waals surface area (Å²) in [6, 6.07) is 7.07. The zero-order chi connectivity index (χ0) is 16.8. The van der Waals surface area contributed by atoms with Gasteiger partial charge in [-0.1, -0.05) is 12.1 Å². The van der Waals surface area contributed by atoms with Gasteiger partial charge in [0.25, 0.3) is 0 Å². The summed E-state index contributed by atoms with van der Waals surface area (Å²) in [4.78, 5) is 19.6. The Bertz CT molecular complexity index is 704. The molecule has 7 nitrogen and oxygen atoms in total. The number of carboxylic acid groups (broad SMARTS) is 1. The minimum Gasteiger partial charge on any atom is -0.490 e. The number of carbonyl (C=O) groups is 1. The van der Waals surface area contributed by atoms with E-state index in [4.69, 9.17) is 15.2 Å². The predicted octanol–water partition coefficient (Wildman–Crippen LogP) is 2.15. The third kappa shape index (κ3) is 3.95. The second-order valence-corrected chi connectivity index (χ2v) is 4.74. The molecule has 0 saturated carbocycles. The van der Waals surface area contributed by atoms with Crippen LogP contribution in [0.4, 0.5) is 5.95 Å². The molecule has 0 bridgehead atoms. The van der Waals surface area contributed by atoms with E-state index >= 15 is 0 Å². The highest BCUT2D eigenvalue weighted by Gasteiger charge is 2.21. The van der Waals surface area contributed by atoms with Crippen LogP contribution in [0.3, 0.4) is 0 Å². The monoisotopic (exact) mass is 317 g/mol. The topological polar surface area (TPSA) is 108 Å². The van der Waals surface area contributed by atoms with E-state index in [1.165, 1.54) is 0 Å². The minimum atomic E-state index is -1.11. The first kappa shape index (κ1) is 16.7. The molecule has 1 aromatic heterocycles. The van der Waals surface area contributed by atoms with Crippen molar-refractivity contribution in [3.05, 3.63) is 35.5 Å². The third-order valence-electron chi connectivity index (χ3n) is 3.15. The summed E-state index contributed by atoms with van der Waals surface area (Å²) in [6.07, 6.45) is 0. The van der Waals surface area contributed by atoms with Crippen LogP contribution in [-0.4, -0.2) is 40.9 Å². The Morgan fingerprint density at radius 1 is 1.26 bits per heavy atom. The molecule has 2 aromatic rings. The number of hydrogen-bond acceptors (Lipinski definition) is 6. The minimum absolute atomic E-state index is 0.0139. The molecule has 3 N–H and O–H groups in total. The smallest absolute Gasteiger partial charge is 0.339 e. The number of aromatic nitrogens is 2. The molecule has 0 saturated heterocycles. The number of para-hydroxylation sites is 1. The summed E-state index contributed by atoms with van der Waals surface area (Å²) in [5, 5.41) is 9.45. The van der Waals surface area contributed by atoms with Crippen LogP contribution in [0.2, 0.25) is 0 Å². The Kier molecular flexibility index (Phi) is 5.48. The summed E-state index contributed by atoms with van der Waals surface area (Å²) < 4.78 is 10.9. The highest BCUT2D eigenvalue weighted by molar-refractivity contribution is 5.96. The lowest BCUT2D eigenvalue weighted by molar-refractivity contribution is 0.0696. The fourth-order valence-corrected chi connectivity index (χ4v) is 2.19. The summed E-state index contributed by atoms with van der Waals surface area (Å²) in [6.45, 7) is 4.90. The number of hydrogen-bond donors (Lipinski definition) is 2. The largest absolute Gasteiger partial charge is 0.490 e. The van der Waals surface area contributed by atoms with Crippen LogP contribution in [0.25, 0.3) is 11.3 Å². The van der Waals surface area contributed by atoms with Crippen molar-refractivity contribution >= 4 is 11.9 Å². The first-order valence-electron chi connectivity index (χ1n) is 7.22. The van der Waals surface area contributed by atoms with E-state index in [0.29, 0.717) is 36.8 Å². The second-order valence-electron chi connectivity index (χ2n) is 4.74. The van der Waals surface area contributed by atoms with Crippen LogP contribution in [0.15, 0.2) is 24.3 Å². The van der Waals surface area contributed by atoms with Crippen molar-refractivity contribution < 1.29 is 19.4 Å². The molecule has 0 spiro atoms. The Balaban J connectivity index is 2.44. The van der Waals surface area contributed by atoms with Gasteiger partial charge >= 0.3 is 5.97 Å². The fraction of sp³-hybridized carbons (Fsp3) is 0.312. The van der Waals surface area contributed by atoms with Crippen molar-refractivity contribution in [3.8, 4) is 17.0 Å². The van der Waals surface area contributed by atoms with Gasteiger partial charge in [-0.3, -0.25) is 0 Å². The first-order valence-corrected chi connectivity index (χ1v) is 7.22. The van der Waals surface area contributed by atoms with Crippen molar-refractivity contribution in [1.29, 1.82) is 0 Å². The van der Waals surface area contributed by atoms with Crippen LogP contribution >= 0.6 is 0 Å². The normalized spacial score (nSPS) is 10.5. The molecule has 0 aliphatic carbocycles. The standard InChI is InChI=1S/C16H19N3O4/c1-3-22-8-9-23-12-7-5-4-6-11(12)14-13(15(20)21)10(2)18-16(17)19-14/h4-7H,3,8-9H2,1-2H3,(H,20,21)(H2,17,18,19). The summed E-state index contributed by atoms with van der Waals surface area (Å²) in [7, 11) is 0. The summed E-state index contributed by atoms with van der Waals surface area (Å²) in [5.41, 5.74) is 6.80. The van der Waals surface area contributed by atoms with Gasteiger partial charge in [0.05, 0.1) is 18.0 Å². The van der Waals surface area contributed by atoms with Crippen LogP contribution in [0.5, 0.6) is 5.75 Å². The lowest BCUT2D eigenvalue weighted by atomic mass is 10.0. The number of nitrogens with zero attached hydrogens (tertiary/aromatic N) is 2. The molecule has 1 heterocycles. The van der Waals surface area contributed by atoms with Gasteiger partial charge in [0.1, 0.15) is 17.9 Å². The molecule has 2 rings (SSSR count). The highest BCUT2D eigenvalue weighted by atomic mass is 16.5. The average molecular weight is 317 g/mol. The van der Waals surface area contributed by atoms with Crippen molar-refractivity contribution in [2.24, 2.45) is 0 Å². The molecule has 122 valence electrons. The Hall–Kier alpha value is -2.67. The first-order chi connectivity index (χ1) is 11.0. The number of aryl methyl sites for hydroxylation is 1. The van der Waals surface area contributed by atoms with Crippen molar-refractivity contribution in [2.75, 3.05) is 25.6 Å². The number of rotatable bonds is 7. The maximum absolute atomic E-state index is 11.6. The van der Waals surface area contributed by atoms with Gasteiger partial charge in [0, 0.05) is 12.2 Å². The van der Waals surface area contributed by atoms with Crippen molar-refractivity contribution in [2.45, 2.75) is 13.8 Å². The maximum atomic E-state index is 11.6. The molecule has 1 aromatic carbocycles. The third-order valence-corrected chi connectivity index (χ3v) is 3.15. The second kappa shape index (κ2) is 7.55. The average Bonchev–Trinajstić information content (AvgIpc) is 2.50. The van der Waals surface area contributed by atoms with E-state index in [1.807, 2.05) is 6.92 Å². The van der Waals surface area contributed by atoms with Gasteiger partial charge in [-0.2, -0.15) is 0 Å². The fourth-order valence-electron chi connectivity index (χ4n) is 2.19. The zero-order valence-corrected chi connectivity index (χ0v) is 13.1. The lowest BCUT2D eigenvalue weighted by Gasteiger charge is -2.14. The van der Waals surface area contributed by atoms with Gasteiger partial charge in [0.2, 0.25) is 5.95 Å². The lowest BCUT2D eigenvalue weighted by Crippen LogP contribution is -2.11. The van der Waals surface area contributed by atoms with E-state index in [9.17, 15) is 9.90 Å². The van der Waals surface area contributed by atoms with Gasteiger partial charge < -0.3 is 20.3 Å². The van der Waals surface area contributed by atoms with Crippen LogP contribution in [-0.2, 0) is 4.74 Å². The predicted molar refractivity (Wildman–Crippen MR) is 85.6 cm³/mol. The molecule has 0 aliphatic rings. The van der Waals surface area contributed by atoms with E-state index < -0.39 is 5.97 Å². The molecule has 0 radical (unpaired) electrons. The summed E-state index contributed by atoms with van der Waals surface area (Å²) in [5.74, 6) is -0.569. The number of nitrogens with two attached hydrogens (primary N) is 1. The van der Waals surface area contributed by atoms with E-state index in [0.717, 1.165) is 0 Å². The molecule has 0 fully saturated rings. The molecule has 0 atom stereocenters. The van der Waals surface area contributed by atoms with Gasteiger partial charge in [-0.25, -0.2) is 14.8 Å². The maximum Gasteiger partial charge on any atom is 0.339 e. The number of carboxylic acids is 1. The zero-order valence-electron chi connectivity index (χ0n) is 13.1. The number of nitrogen functional groups attached to an aromatic ring is 1. The van der Waals surface area contributed by atoms with Crippen molar-refractivity contribution in [1.82, 2.24) is 9.97 Å². The van der Waals surface area contributed by atoms with E-state index in [2.05, 4.69) is 9.97 Å². The molecule has 0 aliphatic heterocycles. The van der Waals surface area contributed by atoms with Crippen LogP contribution in [0.1, 0.15) is 23.0 Å². The van der Waals surface area contributed by atoms with Crippen LogP contribution < -0.4 is 10.5 Å². The van der Waals surface area contributed by atoms with Crippen molar-refractivity contribution in [3.63, 3.8) is 0 Å². The Morgan fingerprint density at radius 3 is 2.70 bits per heavy atom. The Labute approximate surface area is 134 Å². The molecular weight excluding hydrogens is 298 g/mol. The molecule has 0 amide bonds. The van der Waals surface area contributed by atoms with E-state index in [1.54, 1.807) is 31.2 Å². The molecule has 7 heteroatoms.